The second-order valence-electron chi connectivity index (χ2n) is 5.12. The largest absolute Gasteiger partial charge is 0.488 e. The molecule has 0 saturated carbocycles. The van der Waals surface area contributed by atoms with Crippen molar-refractivity contribution in [3.63, 3.8) is 0 Å². The minimum Gasteiger partial charge on any atom is -0.488 e. The van der Waals surface area contributed by atoms with E-state index >= 15 is 0 Å². The molecule has 0 amide bonds. The van der Waals surface area contributed by atoms with Gasteiger partial charge >= 0.3 is 5.97 Å². The van der Waals surface area contributed by atoms with Gasteiger partial charge < -0.3 is 14.6 Å². The topological polar surface area (TPSA) is 59.0 Å². The number of fused-ring (bicyclic) bond motifs is 1. The number of carboxylic acid groups (broad SMARTS) is 1. The Kier molecular flexibility index (Phi) is 3.58. The van der Waals surface area contributed by atoms with Gasteiger partial charge in [0, 0.05) is 25.1 Å². The Bertz CT molecular complexity index is 522. The minimum absolute atomic E-state index is 0.133. The third-order valence-electron chi connectivity index (χ3n) is 3.73. The van der Waals surface area contributed by atoms with Crippen molar-refractivity contribution in [3.8, 4) is 5.75 Å². The molecule has 1 fully saturated rings. The van der Waals surface area contributed by atoms with Gasteiger partial charge in [-0.1, -0.05) is 0 Å². The van der Waals surface area contributed by atoms with Crippen molar-refractivity contribution in [1.82, 2.24) is 4.90 Å². The second kappa shape index (κ2) is 5.38. The zero-order valence-corrected chi connectivity index (χ0v) is 10.9. The lowest BCUT2D eigenvalue weighted by Gasteiger charge is -2.34. The Morgan fingerprint density at radius 2 is 2.35 bits per heavy atom. The Morgan fingerprint density at radius 1 is 1.50 bits per heavy atom. The van der Waals surface area contributed by atoms with Crippen LogP contribution in [0, 0.1) is 5.82 Å². The zero-order chi connectivity index (χ0) is 14.1. The van der Waals surface area contributed by atoms with E-state index in [9.17, 15) is 14.3 Å². The molecular weight excluding hydrogens is 265 g/mol. The Balaban J connectivity index is 1.66. The van der Waals surface area contributed by atoms with Crippen LogP contribution in [0.4, 0.5) is 4.39 Å². The second-order valence-corrected chi connectivity index (χ2v) is 5.12. The molecule has 2 aliphatic heterocycles. The molecule has 2 atom stereocenters. The van der Waals surface area contributed by atoms with Crippen LogP contribution in [0.25, 0.3) is 0 Å². The fourth-order valence-electron chi connectivity index (χ4n) is 2.74. The summed E-state index contributed by atoms with van der Waals surface area (Å²) in [4.78, 5) is 13.0. The van der Waals surface area contributed by atoms with E-state index in [1.165, 1.54) is 12.1 Å². The Labute approximate surface area is 115 Å². The van der Waals surface area contributed by atoms with Crippen LogP contribution in [-0.4, -0.2) is 54.4 Å². The van der Waals surface area contributed by atoms with Crippen LogP contribution >= 0.6 is 0 Å². The maximum Gasteiger partial charge on any atom is 0.323 e. The van der Waals surface area contributed by atoms with E-state index in [0.29, 0.717) is 31.9 Å². The number of hydrogen-bond acceptors (Lipinski definition) is 4. The van der Waals surface area contributed by atoms with Crippen LogP contribution in [0.1, 0.15) is 5.56 Å². The van der Waals surface area contributed by atoms with Crippen LogP contribution in [0.15, 0.2) is 18.2 Å². The molecule has 0 bridgehead atoms. The van der Waals surface area contributed by atoms with Gasteiger partial charge in [-0.2, -0.15) is 0 Å². The summed E-state index contributed by atoms with van der Waals surface area (Å²) in [5, 5.41) is 9.18. The summed E-state index contributed by atoms with van der Waals surface area (Å²) in [6.07, 6.45) is 0.475. The third kappa shape index (κ3) is 2.62. The molecule has 5 nitrogen and oxygen atoms in total. The quantitative estimate of drug-likeness (QED) is 0.892. The lowest BCUT2D eigenvalue weighted by atomic mass is 10.1. The molecule has 1 N–H and O–H groups in total. The number of hydrogen-bond donors (Lipinski definition) is 1. The van der Waals surface area contributed by atoms with Gasteiger partial charge in [-0.3, -0.25) is 9.69 Å². The molecule has 1 aromatic carbocycles. The van der Waals surface area contributed by atoms with Crippen molar-refractivity contribution >= 4 is 5.97 Å². The first-order valence-corrected chi connectivity index (χ1v) is 6.63. The first-order valence-electron chi connectivity index (χ1n) is 6.63. The van der Waals surface area contributed by atoms with Gasteiger partial charge in [-0.15, -0.1) is 0 Å². The molecule has 2 unspecified atom stereocenters. The SMILES string of the molecule is O=C(O)C1COCCN1CC1Cc2cc(F)ccc2O1. The average Bonchev–Trinajstić information content (AvgIpc) is 2.80. The summed E-state index contributed by atoms with van der Waals surface area (Å²) in [5.74, 6) is -0.467. The molecule has 2 aliphatic rings. The molecule has 6 heteroatoms. The fourth-order valence-corrected chi connectivity index (χ4v) is 2.74. The van der Waals surface area contributed by atoms with Gasteiger partial charge in [0.05, 0.1) is 13.2 Å². The number of rotatable bonds is 3. The molecule has 2 heterocycles. The summed E-state index contributed by atoms with van der Waals surface area (Å²) < 4.78 is 24.1. The van der Waals surface area contributed by atoms with E-state index in [1.54, 1.807) is 6.07 Å². The van der Waals surface area contributed by atoms with Crippen molar-refractivity contribution < 1.29 is 23.8 Å². The van der Waals surface area contributed by atoms with E-state index in [4.69, 9.17) is 9.47 Å². The average molecular weight is 281 g/mol. The molecule has 1 saturated heterocycles. The maximum atomic E-state index is 13.2. The standard InChI is InChI=1S/C14H16FNO4/c15-10-1-2-13-9(5-10)6-11(20-13)7-16-3-4-19-8-12(16)14(17)18/h1-2,5,11-12H,3-4,6-8H2,(H,17,18). The van der Waals surface area contributed by atoms with E-state index in [1.807, 2.05) is 4.90 Å². The molecule has 108 valence electrons. The van der Waals surface area contributed by atoms with Gasteiger partial charge in [0.15, 0.2) is 0 Å². The highest BCUT2D eigenvalue weighted by atomic mass is 19.1. The number of benzene rings is 1. The Morgan fingerprint density at radius 3 is 3.15 bits per heavy atom. The number of nitrogens with zero attached hydrogens (tertiary/aromatic N) is 1. The highest BCUT2D eigenvalue weighted by Gasteiger charge is 2.33. The summed E-state index contributed by atoms with van der Waals surface area (Å²) in [5.41, 5.74) is 0.843. The van der Waals surface area contributed by atoms with E-state index < -0.39 is 12.0 Å². The van der Waals surface area contributed by atoms with Crippen LogP contribution in [0.5, 0.6) is 5.75 Å². The molecule has 1 aromatic rings. The van der Waals surface area contributed by atoms with E-state index in [0.717, 1.165) is 5.56 Å². The smallest absolute Gasteiger partial charge is 0.323 e. The van der Waals surface area contributed by atoms with Crippen LogP contribution in [-0.2, 0) is 16.0 Å². The first kappa shape index (κ1) is 13.3. The molecule has 0 spiro atoms. The summed E-state index contributed by atoms with van der Waals surface area (Å²) in [6.45, 7) is 1.81. The number of ether oxygens (including phenoxy) is 2. The summed E-state index contributed by atoms with van der Waals surface area (Å²) in [6, 6.07) is 3.84. The third-order valence-corrected chi connectivity index (χ3v) is 3.73. The molecule has 3 rings (SSSR count). The Hall–Kier alpha value is -1.66. The normalized spacial score (nSPS) is 26.1. The monoisotopic (exact) mass is 281 g/mol. The lowest BCUT2D eigenvalue weighted by molar-refractivity contribution is -0.150. The fraction of sp³-hybridized carbons (Fsp3) is 0.500. The van der Waals surface area contributed by atoms with E-state index in [2.05, 4.69) is 0 Å². The molecule has 20 heavy (non-hydrogen) atoms. The van der Waals surface area contributed by atoms with Crippen molar-refractivity contribution in [2.24, 2.45) is 0 Å². The van der Waals surface area contributed by atoms with Gasteiger partial charge in [0.2, 0.25) is 0 Å². The summed E-state index contributed by atoms with van der Waals surface area (Å²) >= 11 is 0. The zero-order valence-electron chi connectivity index (χ0n) is 10.9. The summed E-state index contributed by atoms with van der Waals surface area (Å²) in [7, 11) is 0. The number of morpholine rings is 1. The molecule has 0 aromatic heterocycles. The molecule has 0 aliphatic carbocycles. The first-order chi connectivity index (χ1) is 9.63. The van der Waals surface area contributed by atoms with Crippen molar-refractivity contribution in [2.45, 2.75) is 18.6 Å². The van der Waals surface area contributed by atoms with Crippen LogP contribution < -0.4 is 4.74 Å². The lowest BCUT2D eigenvalue weighted by Crippen LogP contribution is -2.52. The van der Waals surface area contributed by atoms with Crippen molar-refractivity contribution in [2.75, 3.05) is 26.3 Å². The number of halogens is 1. The highest BCUT2D eigenvalue weighted by molar-refractivity contribution is 5.73. The van der Waals surface area contributed by atoms with Crippen LogP contribution in [0.2, 0.25) is 0 Å². The van der Waals surface area contributed by atoms with Crippen molar-refractivity contribution in [3.05, 3.63) is 29.6 Å². The van der Waals surface area contributed by atoms with Gasteiger partial charge in [-0.25, -0.2) is 4.39 Å². The number of carbonyl (C=O) groups is 1. The number of carboxylic acids is 1. The molecular formula is C14H16FNO4. The van der Waals surface area contributed by atoms with Gasteiger partial charge in [0.25, 0.3) is 0 Å². The maximum absolute atomic E-state index is 13.2. The predicted molar refractivity (Wildman–Crippen MR) is 68.3 cm³/mol. The predicted octanol–water partition coefficient (Wildman–Crippen LogP) is 0.915. The minimum atomic E-state index is -0.883. The number of aliphatic carboxylic acids is 1. The highest BCUT2D eigenvalue weighted by Crippen LogP contribution is 2.30. The van der Waals surface area contributed by atoms with Gasteiger partial charge in [-0.05, 0) is 18.2 Å². The van der Waals surface area contributed by atoms with Crippen molar-refractivity contribution in [1.29, 1.82) is 0 Å². The van der Waals surface area contributed by atoms with E-state index in [-0.39, 0.29) is 18.5 Å². The van der Waals surface area contributed by atoms with Crippen LogP contribution in [0.3, 0.4) is 0 Å². The van der Waals surface area contributed by atoms with Gasteiger partial charge in [0.1, 0.15) is 23.7 Å². The molecule has 0 radical (unpaired) electrons.